The number of hydrogen-bond acceptors (Lipinski definition) is 2. The minimum atomic E-state index is -4.68. The van der Waals surface area contributed by atoms with Crippen molar-refractivity contribution in [1.82, 2.24) is 4.98 Å². The largest absolute Gasteiger partial charge is 0.418 e. The molecule has 0 spiro atoms. The molecule has 0 aliphatic carbocycles. The van der Waals surface area contributed by atoms with E-state index in [0.29, 0.717) is 0 Å². The first kappa shape index (κ1) is 13.6. The molecule has 0 radical (unpaired) electrons. The molecule has 1 heterocycles. The van der Waals surface area contributed by atoms with E-state index in [0.717, 1.165) is 24.4 Å². The van der Waals surface area contributed by atoms with Crippen LogP contribution < -0.4 is 5.73 Å². The van der Waals surface area contributed by atoms with Crippen LogP contribution in [0.5, 0.6) is 0 Å². The van der Waals surface area contributed by atoms with Gasteiger partial charge in [0.25, 0.3) is 0 Å². The molecule has 2 nitrogen and oxygen atoms in total. The van der Waals surface area contributed by atoms with Gasteiger partial charge in [-0.3, -0.25) is 4.98 Å². The molecule has 0 saturated heterocycles. The Bertz CT molecular complexity index is 626. The lowest BCUT2D eigenvalue weighted by atomic mass is 10.0. The molecule has 0 amide bonds. The molecule has 0 unspecified atom stereocenters. The summed E-state index contributed by atoms with van der Waals surface area (Å²) in [6, 6.07) is 4.08. The van der Waals surface area contributed by atoms with Gasteiger partial charge >= 0.3 is 6.18 Å². The Hall–Kier alpha value is -1.82. The Labute approximate surface area is 110 Å². The lowest BCUT2D eigenvalue weighted by Gasteiger charge is -2.13. The van der Waals surface area contributed by atoms with E-state index in [1.165, 1.54) is 6.07 Å². The molecule has 2 rings (SSSR count). The third-order valence-corrected chi connectivity index (χ3v) is 2.64. The zero-order chi connectivity index (χ0) is 14.2. The van der Waals surface area contributed by atoms with Crippen LogP contribution in [0.4, 0.5) is 23.2 Å². The van der Waals surface area contributed by atoms with Crippen molar-refractivity contribution in [3.05, 3.63) is 46.9 Å². The third-order valence-electron chi connectivity index (χ3n) is 2.40. The van der Waals surface area contributed by atoms with Crippen LogP contribution in [-0.2, 0) is 6.18 Å². The second-order valence-electron chi connectivity index (χ2n) is 3.79. The second-order valence-corrected chi connectivity index (χ2v) is 4.22. The van der Waals surface area contributed by atoms with Crippen molar-refractivity contribution in [2.45, 2.75) is 6.18 Å². The fraction of sp³-hybridized carbons (Fsp3) is 0.0833. The van der Waals surface area contributed by atoms with E-state index in [4.69, 9.17) is 17.3 Å². The van der Waals surface area contributed by atoms with E-state index < -0.39 is 23.3 Å². The fourth-order valence-corrected chi connectivity index (χ4v) is 1.75. The van der Waals surface area contributed by atoms with E-state index >= 15 is 0 Å². The minimum absolute atomic E-state index is 0.0882. The maximum Gasteiger partial charge on any atom is 0.418 e. The average Bonchev–Trinajstić information content (AvgIpc) is 2.28. The number of alkyl halides is 3. The van der Waals surface area contributed by atoms with Gasteiger partial charge in [-0.05, 0) is 24.3 Å². The van der Waals surface area contributed by atoms with E-state index in [9.17, 15) is 17.6 Å². The van der Waals surface area contributed by atoms with Gasteiger partial charge in [0.1, 0.15) is 5.82 Å². The highest BCUT2D eigenvalue weighted by Gasteiger charge is 2.35. The van der Waals surface area contributed by atoms with Gasteiger partial charge in [-0.1, -0.05) is 11.6 Å². The Morgan fingerprint density at radius 1 is 1.16 bits per heavy atom. The average molecular weight is 291 g/mol. The van der Waals surface area contributed by atoms with Crippen molar-refractivity contribution >= 4 is 17.3 Å². The SMILES string of the molecule is Nc1cnc(-c2ccc(Cl)cc2F)c(C(F)(F)F)c1. The van der Waals surface area contributed by atoms with Crippen molar-refractivity contribution in [2.24, 2.45) is 0 Å². The highest BCUT2D eigenvalue weighted by Crippen LogP contribution is 2.37. The fourth-order valence-electron chi connectivity index (χ4n) is 1.59. The molecular weight excluding hydrogens is 284 g/mol. The lowest BCUT2D eigenvalue weighted by Crippen LogP contribution is -2.10. The molecular formula is C12H7ClF4N2. The highest BCUT2D eigenvalue weighted by molar-refractivity contribution is 6.30. The maximum absolute atomic E-state index is 13.7. The van der Waals surface area contributed by atoms with Crippen molar-refractivity contribution in [2.75, 3.05) is 5.73 Å². The molecule has 1 aromatic carbocycles. The summed E-state index contributed by atoms with van der Waals surface area (Å²) in [4.78, 5) is 3.58. The number of anilines is 1. The molecule has 0 fully saturated rings. The van der Waals surface area contributed by atoms with E-state index in [1.807, 2.05) is 0 Å². The van der Waals surface area contributed by atoms with Crippen molar-refractivity contribution in [3.8, 4) is 11.3 Å². The van der Waals surface area contributed by atoms with Crippen LogP contribution in [0.15, 0.2) is 30.5 Å². The summed E-state index contributed by atoms with van der Waals surface area (Å²) >= 11 is 5.56. The van der Waals surface area contributed by atoms with Crippen LogP contribution in [0, 0.1) is 5.82 Å². The van der Waals surface area contributed by atoms with Crippen LogP contribution in [0.25, 0.3) is 11.3 Å². The molecule has 2 aromatic rings. The maximum atomic E-state index is 13.7. The van der Waals surface area contributed by atoms with Crippen molar-refractivity contribution in [1.29, 1.82) is 0 Å². The number of benzene rings is 1. The first-order chi connectivity index (χ1) is 8.79. The predicted octanol–water partition coefficient (Wildman–Crippen LogP) is 4.14. The normalized spacial score (nSPS) is 11.6. The smallest absolute Gasteiger partial charge is 0.397 e. The zero-order valence-electron chi connectivity index (χ0n) is 9.30. The molecule has 7 heteroatoms. The third kappa shape index (κ3) is 2.78. The molecule has 1 aromatic heterocycles. The van der Waals surface area contributed by atoms with Crippen LogP contribution in [0.2, 0.25) is 5.02 Å². The minimum Gasteiger partial charge on any atom is -0.397 e. The number of nitrogens with zero attached hydrogens (tertiary/aromatic N) is 1. The number of hydrogen-bond donors (Lipinski definition) is 1. The molecule has 19 heavy (non-hydrogen) atoms. The summed E-state index contributed by atoms with van der Waals surface area (Å²) in [5.41, 5.74) is 3.25. The predicted molar refractivity (Wildman–Crippen MR) is 64.1 cm³/mol. The Morgan fingerprint density at radius 2 is 1.84 bits per heavy atom. The van der Waals surface area contributed by atoms with E-state index in [1.54, 1.807) is 0 Å². The lowest BCUT2D eigenvalue weighted by molar-refractivity contribution is -0.137. The summed E-state index contributed by atoms with van der Waals surface area (Å²) in [5.74, 6) is -0.879. The first-order valence-electron chi connectivity index (χ1n) is 5.07. The van der Waals surface area contributed by atoms with Crippen LogP contribution in [-0.4, -0.2) is 4.98 Å². The van der Waals surface area contributed by atoms with Gasteiger partial charge in [-0.25, -0.2) is 4.39 Å². The van der Waals surface area contributed by atoms with E-state index in [2.05, 4.69) is 4.98 Å². The van der Waals surface area contributed by atoms with Gasteiger partial charge in [0.05, 0.1) is 23.1 Å². The summed E-state index contributed by atoms with van der Waals surface area (Å²) in [5, 5.41) is 0.0882. The summed E-state index contributed by atoms with van der Waals surface area (Å²) in [6.45, 7) is 0. The molecule has 2 N–H and O–H groups in total. The number of nitrogens with two attached hydrogens (primary N) is 1. The number of halogens is 5. The molecule has 0 atom stereocenters. The van der Waals surface area contributed by atoms with Gasteiger partial charge in [0, 0.05) is 10.6 Å². The Kier molecular flexibility index (Phi) is 3.36. The van der Waals surface area contributed by atoms with Gasteiger partial charge < -0.3 is 5.73 Å². The summed E-state index contributed by atoms with van der Waals surface area (Å²) in [6.07, 6.45) is -3.64. The molecule has 0 saturated carbocycles. The Morgan fingerprint density at radius 3 is 2.42 bits per heavy atom. The number of aromatic nitrogens is 1. The quantitative estimate of drug-likeness (QED) is 0.802. The molecule has 0 aliphatic rings. The second kappa shape index (κ2) is 4.70. The van der Waals surface area contributed by atoms with Crippen LogP contribution in [0.1, 0.15) is 5.56 Å². The first-order valence-corrected chi connectivity index (χ1v) is 5.45. The molecule has 0 bridgehead atoms. The standard InChI is InChI=1S/C12H7ClF4N2/c13-6-1-2-8(10(14)3-6)11-9(12(15,16)17)4-7(18)5-19-11/h1-5H,18H2. The van der Waals surface area contributed by atoms with Crippen molar-refractivity contribution in [3.63, 3.8) is 0 Å². The molecule has 0 aliphatic heterocycles. The van der Waals surface area contributed by atoms with Gasteiger partial charge in [-0.15, -0.1) is 0 Å². The highest BCUT2D eigenvalue weighted by atomic mass is 35.5. The topological polar surface area (TPSA) is 38.9 Å². The van der Waals surface area contributed by atoms with Crippen molar-refractivity contribution < 1.29 is 17.6 Å². The summed E-state index contributed by atoms with van der Waals surface area (Å²) in [7, 11) is 0. The van der Waals surface area contributed by atoms with Gasteiger partial charge in [0.2, 0.25) is 0 Å². The monoisotopic (exact) mass is 290 g/mol. The summed E-state index contributed by atoms with van der Waals surface area (Å²) < 4.78 is 52.3. The van der Waals surface area contributed by atoms with Gasteiger partial charge in [-0.2, -0.15) is 13.2 Å². The van der Waals surface area contributed by atoms with E-state index in [-0.39, 0.29) is 16.3 Å². The van der Waals surface area contributed by atoms with Crippen LogP contribution >= 0.6 is 11.6 Å². The number of pyridine rings is 1. The number of rotatable bonds is 1. The zero-order valence-corrected chi connectivity index (χ0v) is 10.1. The number of nitrogen functional groups attached to an aromatic ring is 1. The van der Waals surface area contributed by atoms with Gasteiger partial charge in [0.15, 0.2) is 0 Å². The van der Waals surface area contributed by atoms with Crippen LogP contribution in [0.3, 0.4) is 0 Å². The Balaban J connectivity index is 2.68. The molecule has 100 valence electrons.